The van der Waals surface area contributed by atoms with Crippen molar-refractivity contribution in [3.63, 3.8) is 0 Å². The predicted molar refractivity (Wildman–Crippen MR) is 64.5 cm³/mol. The molecule has 0 bridgehead atoms. The summed E-state index contributed by atoms with van der Waals surface area (Å²) in [4.78, 5) is 0.365. The molecule has 90 valence electrons. The van der Waals surface area contributed by atoms with E-state index in [9.17, 15) is 8.42 Å². The van der Waals surface area contributed by atoms with E-state index in [1.54, 1.807) is 24.3 Å². The van der Waals surface area contributed by atoms with Crippen LogP contribution in [0.25, 0.3) is 0 Å². The Bertz CT molecular complexity index is 418. The van der Waals surface area contributed by atoms with Crippen LogP contribution in [0.5, 0.6) is 5.75 Å². The molecule has 0 aromatic heterocycles. The van der Waals surface area contributed by atoms with Crippen molar-refractivity contribution >= 4 is 9.84 Å². The van der Waals surface area contributed by atoms with Crippen molar-refractivity contribution in [3.8, 4) is 5.75 Å². The third-order valence-corrected chi connectivity index (χ3v) is 4.14. The van der Waals surface area contributed by atoms with Gasteiger partial charge < -0.3 is 4.74 Å². The lowest BCUT2D eigenvalue weighted by Gasteiger charge is -2.08. The molecule has 0 heterocycles. The Hall–Kier alpha value is -1.03. The number of rotatable bonds is 5. The number of ether oxygens (including phenoxy) is 1. The molecule has 0 aliphatic carbocycles. The van der Waals surface area contributed by atoms with E-state index in [-0.39, 0.29) is 11.7 Å². The van der Waals surface area contributed by atoms with Crippen LogP contribution >= 0.6 is 0 Å². The lowest BCUT2D eigenvalue weighted by Crippen LogP contribution is -2.11. The molecule has 0 aliphatic heterocycles. The van der Waals surface area contributed by atoms with Crippen LogP contribution in [0.15, 0.2) is 29.2 Å². The standard InChI is InChI=1S/C12H18O3S/c1-4-15-11-5-7-12(8-6-11)16(13,14)9-10(2)3/h5-8,10H,4,9H2,1-3H3. The van der Waals surface area contributed by atoms with E-state index in [0.717, 1.165) is 0 Å². The molecule has 0 amide bonds. The molecular weight excluding hydrogens is 224 g/mol. The Morgan fingerprint density at radius 3 is 2.19 bits per heavy atom. The first kappa shape index (κ1) is 13.0. The van der Waals surface area contributed by atoms with Gasteiger partial charge in [0.1, 0.15) is 5.75 Å². The maximum Gasteiger partial charge on any atom is 0.178 e. The summed E-state index contributed by atoms with van der Waals surface area (Å²) in [7, 11) is -3.15. The van der Waals surface area contributed by atoms with E-state index >= 15 is 0 Å². The third kappa shape index (κ3) is 3.52. The highest BCUT2D eigenvalue weighted by molar-refractivity contribution is 7.91. The van der Waals surface area contributed by atoms with Gasteiger partial charge in [0.25, 0.3) is 0 Å². The van der Waals surface area contributed by atoms with Crippen LogP contribution in [-0.2, 0) is 9.84 Å². The average molecular weight is 242 g/mol. The second kappa shape index (κ2) is 5.34. The van der Waals surface area contributed by atoms with Crippen molar-refractivity contribution in [3.05, 3.63) is 24.3 Å². The molecule has 0 N–H and O–H groups in total. The van der Waals surface area contributed by atoms with Crippen molar-refractivity contribution in [2.45, 2.75) is 25.7 Å². The van der Waals surface area contributed by atoms with Crippen molar-refractivity contribution in [1.82, 2.24) is 0 Å². The Labute approximate surface area is 97.4 Å². The molecule has 16 heavy (non-hydrogen) atoms. The lowest BCUT2D eigenvalue weighted by atomic mass is 10.3. The number of sulfone groups is 1. The molecule has 0 saturated carbocycles. The van der Waals surface area contributed by atoms with Crippen LogP contribution < -0.4 is 4.74 Å². The highest BCUT2D eigenvalue weighted by atomic mass is 32.2. The second-order valence-corrected chi connectivity index (χ2v) is 6.11. The van der Waals surface area contributed by atoms with E-state index < -0.39 is 9.84 Å². The number of hydrogen-bond donors (Lipinski definition) is 0. The van der Waals surface area contributed by atoms with Crippen molar-refractivity contribution in [1.29, 1.82) is 0 Å². The summed E-state index contributed by atoms with van der Waals surface area (Å²) < 4.78 is 29.0. The SMILES string of the molecule is CCOc1ccc(S(=O)(=O)CC(C)C)cc1. The minimum absolute atomic E-state index is 0.136. The molecular formula is C12H18O3S. The zero-order chi connectivity index (χ0) is 12.2. The first-order valence-corrected chi connectivity index (χ1v) is 7.06. The Morgan fingerprint density at radius 1 is 1.19 bits per heavy atom. The molecule has 1 rings (SSSR count). The van der Waals surface area contributed by atoms with Crippen molar-refractivity contribution in [2.24, 2.45) is 5.92 Å². The summed E-state index contributed by atoms with van der Waals surface area (Å²) in [6.45, 7) is 6.26. The van der Waals surface area contributed by atoms with Crippen LogP contribution in [0, 0.1) is 5.92 Å². The fourth-order valence-electron chi connectivity index (χ4n) is 1.44. The molecule has 0 spiro atoms. The topological polar surface area (TPSA) is 43.4 Å². The molecule has 0 aliphatic rings. The molecule has 0 saturated heterocycles. The molecule has 1 aromatic carbocycles. The summed E-state index contributed by atoms with van der Waals surface area (Å²) in [5, 5.41) is 0. The predicted octanol–water partition coefficient (Wildman–Crippen LogP) is 2.52. The highest BCUT2D eigenvalue weighted by Crippen LogP contribution is 2.18. The largest absolute Gasteiger partial charge is 0.494 e. The summed E-state index contributed by atoms with van der Waals surface area (Å²) in [6, 6.07) is 6.58. The fourth-order valence-corrected chi connectivity index (χ4v) is 3.07. The normalized spacial score (nSPS) is 11.8. The fraction of sp³-hybridized carbons (Fsp3) is 0.500. The molecule has 3 nitrogen and oxygen atoms in total. The molecule has 0 unspecified atom stereocenters. The van der Waals surface area contributed by atoms with Gasteiger partial charge in [-0.25, -0.2) is 8.42 Å². The van der Waals surface area contributed by atoms with Gasteiger partial charge in [-0.3, -0.25) is 0 Å². The van der Waals surface area contributed by atoms with Crippen LogP contribution in [0.2, 0.25) is 0 Å². The summed E-state index contributed by atoms with van der Waals surface area (Å²) in [6.07, 6.45) is 0. The second-order valence-electron chi connectivity index (χ2n) is 4.08. The number of hydrogen-bond acceptors (Lipinski definition) is 3. The van der Waals surface area contributed by atoms with Gasteiger partial charge in [-0.1, -0.05) is 13.8 Å². The Balaban J connectivity index is 2.89. The van der Waals surface area contributed by atoms with E-state index in [1.165, 1.54) is 0 Å². The van der Waals surface area contributed by atoms with Crippen molar-refractivity contribution < 1.29 is 13.2 Å². The first-order chi connectivity index (χ1) is 7.45. The van der Waals surface area contributed by atoms with Gasteiger partial charge in [0.2, 0.25) is 0 Å². The zero-order valence-electron chi connectivity index (χ0n) is 9.93. The Morgan fingerprint density at radius 2 is 1.75 bits per heavy atom. The molecule has 4 heteroatoms. The maximum atomic E-state index is 11.9. The minimum Gasteiger partial charge on any atom is -0.494 e. The van der Waals surface area contributed by atoms with Gasteiger partial charge in [-0.05, 0) is 37.1 Å². The van der Waals surface area contributed by atoms with Crippen LogP contribution in [0.3, 0.4) is 0 Å². The smallest absolute Gasteiger partial charge is 0.178 e. The van der Waals surface area contributed by atoms with E-state index in [0.29, 0.717) is 17.3 Å². The van der Waals surface area contributed by atoms with Gasteiger partial charge in [-0.15, -0.1) is 0 Å². The van der Waals surface area contributed by atoms with Crippen LogP contribution in [-0.4, -0.2) is 20.8 Å². The van der Waals surface area contributed by atoms with Gasteiger partial charge in [-0.2, -0.15) is 0 Å². The summed E-state index contributed by atoms with van der Waals surface area (Å²) in [5.41, 5.74) is 0. The molecule has 1 aromatic rings. The average Bonchev–Trinajstić information content (AvgIpc) is 2.17. The van der Waals surface area contributed by atoms with Gasteiger partial charge >= 0.3 is 0 Å². The monoisotopic (exact) mass is 242 g/mol. The Kier molecular flexibility index (Phi) is 4.35. The van der Waals surface area contributed by atoms with Crippen LogP contribution in [0.1, 0.15) is 20.8 Å². The van der Waals surface area contributed by atoms with Gasteiger partial charge in [0.15, 0.2) is 9.84 Å². The van der Waals surface area contributed by atoms with E-state index in [4.69, 9.17) is 4.74 Å². The molecule has 0 fully saturated rings. The maximum absolute atomic E-state index is 11.9. The molecule has 0 atom stereocenters. The minimum atomic E-state index is -3.15. The number of benzene rings is 1. The van der Waals surface area contributed by atoms with Gasteiger partial charge in [0, 0.05) is 0 Å². The van der Waals surface area contributed by atoms with Crippen molar-refractivity contribution in [2.75, 3.05) is 12.4 Å². The lowest BCUT2D eigenvalue weighted by molar-refractivity contribution is 0.340. The molecule has 0 radical (unpaired) electrons. The zero-order valence-corrected chi connectivity index (χ0v) is 10.8. The van der Waals surface area contributed by atoms with Crippen LogP contribution in [0.4, 0.5) is 0 Å². The highest BCUT2D eigenvalue weighted by Gasteiger charge is 2.15. The summed E-state index contributed by atoms with van der Waals surface area (Å²) in [5.74, 6) is 1.02. The first-order valence-electron chi connectivity index (χ1n) is 5.41. The van der Waals surface area contributed by atoms with E-state index in [1.807, 2.05) is 20.8 Å². The van der Waals surface area contributed by atoms with E-state index in [2.05, 4.69) is 0 Å². The quantitative estimate of drug-likeness (QED) is 0.797. The van der Waals surface area contributed by atoms with Gasteiger partial charge in [0.05, 0.1) is 17.3 Å². The summed E-state index contributed by atoms with van der Waals surface area (Å²) >= 11 is 0. The third-order valence-electron chi connectivity index (χ3n) is 2.05.